The molecule has 1 aliphatic rings. The summed E-state index contributed by atoms with van der Waals surface area (Å²) in [6, 6.07) is 0. The second-order valence-electron chi connectivity index (χ2n) is 3.45. The minimum Gasteiger partial charge on any atom is -0.375 e. The first-order valence-electron chi connectivity index (χ1n) is 4.98. The molecule has 0 amide bonds. The number of carbonyl (C=O) groups is 1. The van der Waals surface area contributed by atoms with Gasteiger partial charge in [-0.3, -0.25) is 0 Å². The Bertz CT molecular complexity index is 151. The van der Waals surface area contributed by atoms with Gasteiger partial charge in [-0.1, -0.05) is 0 Å². The van der Waals surface area contributed by atoms with E-state index in [-0.39, 0.29) is 5.60 Å². The van der Waals surface area contributed by atoms with Gasteiger partial charge in [-0.25, -0.2) is 0 Å². The van der Waals surface area contributed by atoms with Gasteiger partial charge in [-0.2, -0.15) is 11.8 Å². The Kier molecular flexibility index (Phi) is 4.81. The Morgan fingerprint density at radius 3 is 3.00 bits per heavy atom. The van der Waals surface area contributed by atoms with Gasteiger partial charge >= 0.3 is 0 Å². The van der Waals surface area contributed by atoms with Crippen LogP contribution in [0.4, 0.5) is 0 Å². The van der Waals surface area contributed by atoms with Crippen LogP contribution in [-0.4, -0.2) is 30.0 Å². The fourth-order valence-corrected chi connectivity index (χ4v) is 2.92. The molecule has 76 valence electrons. The van der Waals surface area contributed by atoms with Crippen LogP contribution < -0.4 is 0 Å². The molecular weight excluding hydrogens is 184 g/mol. The summed E-state index contributed by atoms with van der Waals surface area (Å²) in [6.07, 6.45) is 4.84. The van der Waals surface area contributed by atoms with Crippen LogP contribution in [0.3, 0.4) is 0 Å². The smallest absolute Gasteiger partial charge is 0.122 e. The highest BCUT2D eigenvalue weighted by Gasteiger charge is 2.30. The van der Waals surface area contributed by atoms with Gasteiger partial charge in [-0.15, -0.1) is 0 Å². The summed E-state index contributed by atoms with van der Waals surface area (Å²) in [4.78, 5) is 10.6. The van der Waals surface area contributed by atoms with Crippen LogP contribution >= 0.6 is 11.8 Å². The van der Waals surface area contributed by atoms with Crippen molar-refractivity contribution < 1.29 is 9.53 Å². The number of aldehydes is 1. The van der Waals surface area contributed by atoms with E-state index < -0.39 is 0 Å². The molecule has 1 heterocycles. The quantitative estimate of drug-likeness (QED) is 0.654. The molecule has 1 rings (SSSR count). The zero-order valence-electron chi connectivity index (χ0n) is 8.25. The molecule has 1 atom stereocenters. The van der Waals surface area contributed by atoms with Crippen LogP contribution in [0.1, 0.15) is 32.6 Å². The molecule has 1 fully saturated rings. The highest BCUT2D eigenvalue weighted by molar-refractivity contribution is 7.99. The van der Waals surface area contributed by atoms with Crippen LogP contribution in [0.2, 0.25) is 0 Å². The lowest BCUT2D eigenvalue weighted by atomic mass is 9.91. The highest BCUT2D eigenvalue weighted by Crippen LogP contribution is 2.31. The molecule has 0 bridgehead atoms. The van der Waals surface area contributed by atoms with Gasteiger partial charge in [0.05, 0.1) is 5.60 Å². The minimum atomic E-state index is -0.125. The molecule has 0 saturated carbocycles. The van der Waals surface area contributed by atoms with Gasteiger partial charge in [0.1, 0.15) is 6.29 Å². The van der Waals surface area contributed by atoms with Crippen molar-refractivity contribution in [3.63, 3.8) is 0 Å². The second-order valence-corrected chi connectivity index (χ2v) is 4.68. The van der Waals surface area contributed by atoms with Gasteiger partial charge in [0.15, 0.2) is 0 Å². The summed E-state index contributed by atoms with van der Waals surface area (Å²) >= 11 is 1.97. The molecule has 0 radical (unpaired) electrons. The van der Waals surface area contributed by atoms with E-state index in [0.29, 0.717) is 6.42 Å². The molecular formula is C10H18O2S. The van der Waals surface area contributed by atoms with Crippen molar-refractivity contribution in [1.82, 2.24) is 0 Å². The third-order valence-electron chi connectivity index (χ3n) is 2.53. The topological polar surface area (TPSA) is 26.3 Å². The van der Waals surface area contributed by atoms with Gasteiger partial charge < -0.3 is 9.53 Å². The number of carbonyl (C=O) groups excluding carboxylic acids is 1. The van der Waals surface area contributed by atoms with Crippen molar-refractivity contribution in [2.24, 2.45) is 0 Å². The van der Waals surface area contributed by atoms with Crippen molar-refractivity contribution in [3.05, 3.63) is 0 Å². The maximum Gasteiger partial charge on any atom is 0.122 e. The van der Waals surface area contributed by atoms with E-state index in [4.69, 9.17) is 4.74 Å². The Hall–Kier alpha value is -0.0200. The molecule has 0 N–H and O–H groups in total. The Labute approximate surface area is 84.4 Å². The van der Waals surface area contributed by atoms with Crippen LogP contribution in [0.15, 0.2) is 0 Å². The van der Waals surface area contributed by atoms with Gasteiger partial charge in [-0.05, 0) is 37.7 Å². The molecule has 0 aromatic rings. The zero-order valence-corrected chi connectivity index (χ0v) is 9.07. The summed E-state index contributed by atoms with van der Waals surface area (Å²) in [6.45, 7) is 2.73. The van der Waals surface area contributed by atoms with E-state index in [1.54, 1.807) is 0 Å². The predicted octanol–water partition coefficient (Wildman–Crippen LogP) is 2.27. The van der Waals surface area contributed by atoms with Crippen LogP contribution in [0, 0.1) is 0 Å². The zero-order chi connectivity index (χ0) is 9.57. The first-order valence-corrected chi connectivity index (χ1v) is 6.14. The second kappa shape index (κ2) is 5.66. The largest absolute Gasteiger partial charge is 0.375 e. The summed E-state index contributed by atoms with van der Waals surface area (Å²) in [5, 5.41) is 0. The Balaban J connectivity index is 2.55. The highest BCUT2D eigenvalue weighted by atomic mass is 32.2. The lowest BCUT2D eigenvalue weighted by molar-refractivity contribution is -0.116. The number of hydrogen-bond donors (Lipinski definition) is 0. The number of hydrogen-bond acceptors (Lipinski definition) is 3. The van der Waals surface area contributed by atoms with Crippen molar-refractivity contribution in [2.75, 3.05) is 18.1 Å². The lowest BCUT2D eigenvalue weighted by Gasteiger charge is -2.30. The Morgan fingerprint density at radius 1 is 1.46 bits per heavy atom. The normalized spacial score (nSPS) is 29.6. The number of ether oxygens (including phenoxy) is 1. The minimum absolute atomic E-state index is 0.125. The summed E-state index contributed by atoms with van der Waals surface area (Å²) < 4.78 is 5.75. The summed E-state index contributed by atoms with van der Waals surface area (Å²) in [5.41, 5.74) is -0.125. The molecule has 1 saturated heterocycles. The van der Waals surface area contributed by atoms with E-state index in [0.717, 1.165) is 31.5 Å². The molecule has 0 aliphatic carbocycles. The molecule has 3 heteroatoms. The van der Waals surface area contributed by atoms with Crippen molar-refractivity contribution in [1.29, 1.82) is 0 Å². The molecule has 13 heavy (non-hydrogen) atoms. The molecule has 0 aromatic carbocycles. The van der Waals surface area contributed by atoms with E-state index in [1.807, 2.05) is 18.7 Å². The van der Waals surface area contributed by atoms with Crippen LogP contribution in [0.5, 0.6) is 0 Å². The standard InChI is InChI=1S/C10H18O2S/c1-2-12-10(5-7-11)4-3-8-13-9-6-10/h7H,2-6,8-9H2,1H3. The number of rotatable bonds is 4. The fraction of sp³-hybridized carbons (Fsp3) is 0.900. The molecule has 0 aromatic heterocycles. The average molecular weight is 202 g/mol. The van der Waals surface area contributed by atoms with Crippen molar-refractivity contribution in [3.8, 4) is 0 Å². The van der Waals surface area contributed by atoms with E-state index in [9.17, 15) is 4.79 Å². The third kappa shape index (κ3) is 3.31. The van der Waals surface area contributed by atoms with Crippen LogP contribution in [0.25, 0.3) is 0 Å². The summed E-state index contributed by atoms with van der Waals surface area (Å²) in [5.74, 6) is 2.35. The monoisotopic (exact) mass is 202 g/mol. The van der Waals surface area contributed by atoms with E-state index in [2.05, 4.69) is 0 Å². The maximum atomic E-state index is 10.6. The van der Waals surface area contributed by atoms with E-state index >= 15 is 0 Å². The average Bonchev–Trinajstić information content (AvgIpc) is 2.32. The maximum absolute atomic E-state index is 10.6. The molecule has 0 spiro atoms. The molecule has 2 nitrogen and oxygen atoms in total. The molecule has 1 unspecified atom stereocenters. The fourth-order valence-electron chi connectivity index (χ4n) is 1.85. The first-order chi connectivity index (χ1) is 6.33. The molecule has 1 aliphatic heterocycles. The summed E-state index contributed by atoms with van der Waals surface area (Å²) in [7, 11) is 0. The van der Waals surface area contributed by atoms with Crippen LogP contribution in [-0.2, 0) is 9.53 Å². The SMILES string of the molecule is CCOC1(CC=O)CCCSCC1. The van der Waals surface area contributed by atoms with Crippen molar-refractivity contribution in [2.45, 2.75) is 38.2 Å². The third-order valence-corrected chi connectivity index (χ3v) is 3.60. The van der Waals surface area contributed by atoms with Crippen molar-refractivity contribution >= 4 is 18.0 Å². The van der Waals surface area contributed by atoms with Gasteiger partial charge in [0, 0.05) is 13.0 Å². The lowest BCUT2D eigenvalue weighted by Crippen LogP contribution is -2.33. The van der Waals surface area contributed by atoms with Gasteiger partial charge in [0.2, 0.25) is 0 Å². The number of thioether (sulfide) groups is 1. The predicted molar refractivity (Wildman–Crippen MR) is 56.2 cm³/mol. The van der Waals surface area contributed by atoms with E-state index in [1.165, 1.54) is 12.2 Å². The Morgan fingerprint density at radius 2 is 2.31 bits per heavy atom. The van der Waals surface area contributed by atoms with Gasteiger partial charge in [0.25, 0.3) is 0 Å². The first kappa shape index (κ1) is 11.1.